The van der Waals surface area contributed by atoms with Crippen molar-refractivity contribution in [1.82, 2.24) is 15.5 Å². The van der Waals surface area contributed by atoms with E-state index >= 15 is 0 Å². The fourth-order valence-electron chi connectivity index (χ4n) is 2.57. The highest BCUT2D eigenvalue weighted by molar-refractivity contribution is 7.90. The molecule has 1 aromatic rings. The van der Waals surface area contributed by atoms with Gasteiger partial charge in [0.2, 0.25) is 0 Å². The summed E-state index contributed by atoms with van der Waals surface area (Å²) in [5, 5.41) is 5.54. The predicted molar refractivity (Wildman–Crippen MR) is 92.7 cm³/mol. The highest BCUT2D eigenvalue weighted by Gasteiger charge is 2.19. The molecule has 1 fully saturated rings. The Morgan fingerprint density at radius 2 is 1.92 bits per heavy atom. The summed E-state index contributed by atoms with van der Waals surface area (Å²) in [5.74, 6) is -0.131. The number of morpholine rings is 1. The monoisotopic (exact) mass is 355 g/mol. The molecule has 0 aromatic heterocycles. The molecule has 7 nitrogen and oxygen atoms in total. The van der Waals surface area contributed by atoms with Gasteiger partial charge in [-0.2, -0.15) is 0 Å². The Hall–Kier alpha value is -1.64. The van der Waals surface area contributed by atoms with Crippen LogP contribution in [0.25, 0.3) is 0 Å². The molecule has 24 heavy (non-hydrogen) atoms. The van der Waals surface area contributed by atoms with Crippen LogP contribution in [0.5, 0.6) is 0 Å². The topological polar surface area (TPSA) is 87.7 Å². The number of nitrogens with zero attached hydrogens (tertiary/aromatic N) is 1. The van der Waals surface area contributed by atoms with E-state index in [2.05, 4.69) is 15.5 Å². The summed E-state index contributed by atoms with van der Waals surface area (Å²) in [6, 6.07) is 8.19. The van der Waals surface area contributed by atoms with E-state index in [-0.39, 0.29) is 11.8 Å². The minimum absolute atomic E-state index is 0.131. The van der Waals surface area contributed by atoms with Gasteiger partial charge in [-0.1, -0.05) is 30.3 Å². The molecular weight excluding hydrogens is 330 g/mol. The SMILES string of the molecule is CS(=O)(=O)CC(NC(=O)NCCN1CCOCC1)c1ccccc1. The van der Waals surface area contributed by atoms with Crippen LogP contribution in [0.2, 0.25) is 0 Å². The third kappa shape index (κ3) is 6.86. The number of carbonyl (C=O) groups is 1. The maximum atomic E-state index is 12.1. The first kappa shape index (κ1) is 18.7. The molecule has 1 heterocycles. The van der Waals surface area contributed by atoms with Crippen molar-refractivity contribution in [3.05, 3.63) is 35.9 Å². The van der Waals surface area contributed by atoms with Crippen LogP contribution < -0.4 is 10.6 Å². The number of benzene rings is 1. The largest absolute Gasteiger partial charge is 0.379 e. The van der Waals surface area contributed by atoms with Gasteiger partial charge in [0, 0.05) is 32.4 Å². The summed E-state index contributed by atoms with van der Waals surface area (Å²) >= 11 is 0. The van der Waals surface area contributed by atoms with Crippen LogP contribution in [-0.4, -0.2) is 70.8 Å². The van der Waals surface area contributed by atoms with Gasteiger partial charge >= 0.3 is 6.03 Å². The predicted octanol–water partition coefficient (Wildman–Crippen LogP) is 0.404. The minimum Gasteiger partial charge on any atom is -0.379 e. The third-order valence-corrected chi connectivity index (χ3v) is 4.73. The molecule has 2 rings (SSSR count). The zero-order valence-electron chi connectivity index (χ0n) is 13.9. The molecule has 8 heteroatoms. The van der Waals surface area contributed by atoms with Gasteiger partial charge in [0.15, 0.2) is 0 Å². The first-order valence-electron chi connectivity index (χ1n) is 8.01. The quantitative estimate of drug-likeness (QED) is 0.739. The molecule has 1 aliphatic heterocycles. The maximum Gasteiger partial charge on any atom is 0.315 e. The average Bonchev–Trinajstić information content (AvgIpc) is 2.55. The van der Waals surface area contributed by atoms with E-state index in [1.807, 2.05) is 30.3 Å². The lowest BCUT2D eigenvalue weighted by Crippen LogP contribution is -2.45. The first-order chi connectivity index (χ1) is 11.4. The second-order valence-corrected chi connectivity index (χ2v) is 8.09. The highest BCUT2D eigenvalue weighted by atomic mass is 32.2. The number of sulfone groups is 1. The zero-order chi connectivity index (χ0) is 17.4. The molecule has 0 radical (unpaired) electrons. The summed E-state index contributed by atoms with van der Waals surface area (Å²) in [6.07, 6.45) is 1.17. The molecule has 0 aliphatic carbocycles. The number of nitrogens with one attached hydrogen (secondary N) is 2. The summed E-state index contributed by atoms with van der Waals surface area (Å²) in [4.78, 5) is 14.3. The number of ether oxygens (including phenoxy) is 1. The van der Waals surface area contributed by atoms with E-state index in [0.717, 1.165) is 38.4 Å². The zero-order valence-corrected chi connectivity index (χ0v) is 14.7. The highest BCUT2D eigenvalue weighted by Crippen LogP contribution is 2.14. The Bertz CT molecular complexity index is 615. The van der Waals surface area contributed by atoms with Crippen LogP contribution in [0, 0.1) is 0 Å². The molecule has 1 unspecified atom stereocenters. The van der Waals surface area contributed by atoms with Crippen molar-refractivity contribution < 1.29 is 17.9 Å². The smallest absolute Gasteiger partial charge is 0.315 e. The Kier molecular flexibility index (Phi) is 7.01. The summed E-state index contributed by atoms with van der Waals surface area (Å²) in [5.41, 5.74) is 0.770. The molecule has 1 aliphatic rings. The lowest BCUT2D eigenvalue weighted by molar-refractivity contribution is 0.0387. The van der Waals surface area contributed by atoms with Gasteiger partial charge in [-0.15, -0.1) is 0 Å². The van der Waals surface area contributed by atoms with Gasteiger partial charge in [-0.05, 0) is 5.56 Å². The lowest BCUT2D eigenvalue weighted by atomic mass is 10.1. The number of urea groups is 1. The molecule has 0 saturated carbocycles. The Morgan fingerprint density at radius 3 is 2.54 bits per heavy atom. The molecular formula is C16H25N3O4S. The van der Waals surface area contributed by atoms with Crippen molar-refractivity contribution in [2.45, 2.75) is 6.04 Å². The van der Waals surface area contributed by atoms with E-state index < -0.39 is 15.9 Å². The standard InChI is InChI=1S/C16H25N3O4S/c1-24(21,22)13-15(14-5-3-2-4-6-14)18-16(20)17-7-8-19-9-11-23-12-10-19/h2-6,15H,7-13H2,1H3,(H2,17,18,20). The number of hydrogen-bond donors (Lipinski definition) is 2. The second kappa shape index (κ2) is 9.00. The van der Waals surface area contributed by atoms with Gasteiger partial charge in [0.05, 0.1) is 25.0 Å². The van der Waals surface area contributed by atoms with E-state index in [1.165, 1.54) is 6.26 Å². The van der Waals surface area contributed by atoms with Gasteiger partial charge in [-0.3, -0.25) is 4.90 Å². The van der Waals surface area contributed by atoms with Crippen LogP contribution in [0.1, 0.15) is 11.6 Å². The van der Waals surface area contributed by atoms with E-state index in [0.29, 0.717) is 6.54 Å². The van der Waals surface area contributed by atoms with Gasteiger partial charge in [0.25, 0.3) is 0 Å². The van der Waals surface area contributed by atoms with Gasteiger partial charge in [0.1, 0.15) is 9.84 Å². The van der Waals surface area contributed by atoms with Gasteiger partial charge in [-0.25, -0.2) is 13.2 Å². The Balaban J connectivity index is 1.85. The average molecular weight is 355 g/mol. The van der Waals surface area contributed by atoms with E-state index in [9.17, 15) is 13.2 Å². The molecule has 1 saturated heterocycles. The summed E-state index contributed by atoms with van der Waals surface area (Å²) < 4.78 is 28.5. The Morgan fingerprint density at radius 1 is 1.25 bits per heavy atom. The number of hydrogen-bond acceptors (Lipinski definition) is 5. The van der Waals surface area contributed by atoms with Crippen LogP contribution in [-0.2, 0) is 14.6 Å². The normalized spacial score (nSPS) is 17.2. The maximum absolute atomic E-state index is 12.1. The molecule has 2 N–H and O–H groups in total. The van der Waals surface area contributed by atoms with Gasteiger partial charge < -0.3 is 15.4 Å². The molecule has 1 aromatic carbocycles. The lowest BCUT2D eigenvalue weighted by Gasteiger charge is -2.26. The van der Waals surface area contributed by atoms with Crippen molar-refractivity contribution in [2.75, 3.05) is 51.4 Å². The van der Waals surface area contributed by atoms with Crippen LogP contribution in [0.15, 0.2) is 30.3 Å². The number of rotatable bonds is 7. The van der Waals surface area contributed by atoms with Crippen LogP contribution in [0.3, 0.4) is 0 Å². The fourth-order valence-corrected chi connectivity index (χ4v) is 3.45. The number of carbonyl (C=O) groups excluding carboxylic acids is 1. The summed E-state index contributed by atoms with van der Waals surface area (Å²) in [7, 11) is -3.22. The van der Waals surface area contributed by atoms with E-state index in [1.54, 1.807) is 0 Å². The molecule has 2 amide bonds. The van der Waals surface area contributed by atoms with Crippen molar-refractivity contribution in [3.63, 3.8) is 0 Å². The minimum atomic E-state index is -3.22. The Labute approximate surface area is 143 Å². The molecule has 0 bridgehead atoms. The van der Waals surface area contributed by atoms with Crippen molar-refractivity contribution in [1.29, 1.82) is 0 Å². The van der Waals surface area contributed by atoms with Crippen LogP contribution in [0.4, 0.5) is 4.79 Å². The molecule has 0 spiro atoms. The number of amides is 2. The fraction of sp³-hybridized carbons (Fsp3) is 0.562. The first-order valence-corrected chi connectivity index (χ1v) is 10.1. The molecule has 1 atom stereocenters. The molecule has 134 valence electrons. The van der Waals surface area contributed by atoms with Crippen LogP contribution >= 0.6 is 0 Å². The van der Waals surface area contributed by atoms with E-state index in [4.69, 9.17) is 4.74 Å². The third-order valence-electron chi connectivity index (χ3n) is 3.79. The van der Waals surface area contributed by atoms with Crippen molar-refractivity contribution >= 4 is 15.9 Å². The summed E-state index contributed by atoms with van der Waals surface area (Å²) in [6.45, 7) is 4.42. The van der Waals surface area contributed by atoms with Crippen molar-refractivity contribution in [3.8, 4) is 0 Å². The van der Waals surface area contributed by atoms with Crippen molar-refractivity contribution in [2.24, 2.45) is 0 Å². The second-order valence-electron chi connectivity index (χ2n) is 5.91.